The third kappa shape index (κ3) is 1.78. The van der Waals surface area contributed by atoms with Gasteiger partial charge in [0, 0.05) is 6.20 Å². The lowest BCUT2D eigenvalue weighted by Crippen LogP contribution is -2.41. The number of aromatic nitrogens is 3. The molecule has 0 amide bonds. The lowest BCUT2D eigenvalue weighted by atomic mass is 9.85. The fourth-order valence-electron chi connectivity index (χ4n) is 2.19. The number of rotatable bonds is 2. The first kappa shape index (κ1) is 12.2. The summed E-state index contributed by atoms with van der Waals surface area (Å²) in [5.74, 6) is 0. The summed E-state index contributed by atoms with van der Waals surface area (Å²) in [5, 5.41) is 8.38. The zero-order chi connectivity index (χ0) is 13.0. The van der Waals surface area contributed by atoms with Crippen molar-refractivity contribution in [1.29, 1.82) is 0 Å². The minimum atomic E-state index is -0.399. The van der Waals surface area contributed by atoms with Crippen molar-refractivity contribution in [2.45, 2.75) is 64.2 Å². The largest absolute Gasteiger partial charge is 0.518 e. The molecule has 1 aromatic heterocycles. The third-order valence-corrected chi connectivity index (χ3v) is 4.47. The van der Waals surface area contributed by atoms with Crippen LogP contribution in [0.25, 0.3) is 0 Å². The Hall–Kier alpha value is -0.875. The normalized spacial score (nSPS) is 26.3. The Morgan fingerprint density at radius 1 is 1.22 bits per heavy atom. The molecule has 1 aliphatic heterocycles. The molecule has 2 aliphatic rings. The second-order valence-corrected chi connectivity index (χ2v) is 6.30. The quantitative estimate of drug-likeness (QED) is 0.741. The van der Waals surface area contributed by atoms with Gasteiger partial charge in [-0.1, -0.05) is 5.21 Å². The van der Waals surface area contributed by atoms with Crippen molar-refractivity contribution in [2.24, 2.45) is 0 Å². The SMILES string of the molecule is CC1(C)OB(c2cn(C3CCC3)nn2)OC1(C)C. The van der Waals surface area contributed by atoms with Gasteiger partial charge in [0.1, 0.15) is 5.59 Å². The standard InChI is InChI=1S/C12H20BN3O2/c1-11(2)12(3,4)18-13(17-11)10-8-16(15-14-10)9-6-5-7-9/h8-9H,5-7H2,1-4H3. The summed E-state index contributed by atoms with van der Waals surface area (Å²) >= 11 is 0. The summed E-state index contributed by atoms with van der Waals surface area (Å²) in [6.45, 7) is 8.18. The van der Waals surface area contributed by atoms with Crippen LogP contribution in [0.5, 0.6) is 0 Å². The van der Waals surface area contributed by atoms with Crippen LogP contribution in [-0.4, -0.2) is 33.3 Å². The summed E-state index contributed by atoms with van der Waals surface area (Å²) in [4.78, 5) is 0. The van der Waals surface area contributed by atoms with Crippen molar-refractivity contribution in [3.05, 3.63) is 6.20 Å². The summed E-state index contributed by atoms with van der Waals surface area (Å²) < 4.78 is 13.9. The minimum Gasteiger partial charge on any atom is -0.398 e. The molecule has 2 heterocycles. The van der Waals surface area contributed by atoms with Gasteiger partial charge in [0.2, 0.25) is 0 Å². The number of hydrogen-bond donors (Lipinski definition) is 0. The first-order valence-electron chi connectivity index (χ1n) is 6.66. The highest BCUT2D eigenvalue weighted by Gasteiger charge is 2.52. The topological polar surface area (TPSA) is 49.2 Å². The summed E-state index contributed by atoms with van der Waals surface area (Å²) in [6, 6.07) is 0.522. The van der Waals surface area contributed by atoms with Crippen LogP contribution in [0.15, 0.2) is 6.20 Å². The van der Waals surface area contributed by atoms with E-state index in [-0.39, 0.29) is 11.2 Å². The van der Waals surface area contributed by atoms with Crippen molar-refractivity contribution in [3.63, 3.8) is 0 Å². The van der Waals surface area contributed by atoms with Crippen LogP contribution >= 0.6 is 0 Å². The summed E-state index contributed by atoms with van der Waals surface area (Å²) in [7, 11) is -0.399. The van der Waals surface area contributed by atoms with E-state index in [1.807, 2.05) is 38.6 Å². The molecule has 6 heteroatoms. The Morgan fingerprint density at radius 2 is 1.83 bits per heavy atom. The zero-order valence-electron chi connectivity index (χ0n) is 11.5. The van der Waals surface area contributed by atoms with Gasteiger partial charge >= 0.3 is 7.12 Å². The Labute approximate surface area is 108 Å². The molecule has 0 aromatic carbocycles. The van der Waals surface area contributed by atoms with Gasteiger partial charge in [0.05, 0.1) is 17.2 Å². The molecule has 98 valence electrons. The van der Waals surface area contributed by atoms with Crippen LogP contribution in [0.3, 0.4) is 0 Å². The molecular formula is C12H20BN3O2. The number of nitrogens with zero attached hydrogens (tertiary/aromatic N) is 3. The smallest absolute Gasteiger partial charge is 0.398 e. The first-order valence-corrected chi connectivity index (χ1v) is 6.66. The van der Waals surface area contributed by atoms with Gasteiger partial charge < -0.3 is 9.31 Å². The lowest BCUT2D eigenvalue weighted by molar-refractivity contribution is 0.00578. The highest BCUT2D eigenvalue weighted by Crippen LogP contribution is 2.36. The Kier molecular flexibility index (Phi) is 2.58. The fraction of sp³-hybridized carbons (Fsp3) is 0.833. The monoisotopic (exact) mass is 249 g/mol. The van der Waals surface area contributed by atoms with Crippen LogP contribution in [0.2, 0.25) is 0 Å². The molecule has 0 spiro atoms. The first-order chi connectivity index (χ1) is 8.39. The van der Waals surface area contributed by atoms with E-state index < -0.39 is 7.12 Å². The van der Waals surface area contributed by atoms with E-state index in [1.165, 1.54) is 19.3 Å². The molecule has 0 N–H and O–H groups in total. The van der Waals surface area contributed by atoms with Crippen LogP contribution < -0.4 is 5.59 Å². The van der Waals surface area contributed by atoms with E-state index in [4.69, 9.17) is 9.31 Å². The van der Waals surface area contributed by atoms with Crippen molar-refractivity contribution in [3.8, 4) is 0 Å². The predicted molar refractivity (Wildman–Crippen MR) is 68.6 cm³/mol. The average molecular weight is 249 g/mol. The van der Waals surface area contributed by atoms with Gasteiger partial charge in [-0.15, -0.1) is 5.10 Å². The second kappa shape index (κ2) is 3.81. The molecule has 0 atom stereocenters. The van der Waals surface area contributed by atoms with Crippen LogP contribution in [-0.2, 0) is 9.31 Å². The minimum absolute atomic E-state index is 0.322. The van der Waals surface area contributed by atoms with E-state index >= 15 is 0 Å². The summed E-state index contributed by atoms with van der Waals surface area (Å²) in [6.07, 6.45) is 5.65. The van der Waals surface area contributed by atoms with Crippen LogP contribution in [0, 0.1) is 0 Å². The molecule has 1 saturated carbocycles. The highest BCUT2D eigenvalue weighted by atomic mass is 16.7. The van der Waals surface area contributed by atoms with Crippen LogP contribution in [0.1, 0.15) is 53.0 Å². The molecule has 18 heavy (non-hydrogen) atoms. The molecule has 1 aliphatic carbocycles. The average Bonchev–Trinajstić information content (AvgIpc) is 2.68. The maximum atomic E-state index is 5.96. The molecule has 0 unspecified atom stereocenters. The van der Waals surface area contributed by atoms with E-state index in [2.05, 4.69) is 10.3 Å². The van der Waals surface area contributed by atoms with Crippen LogP contribution in [0.4, 0.5) is 0 Å². The fourth-order valence-corrected chi connectivity index (χ4v) is 2.19. The van der Waals surface area contributed by atoms with E-state index in [0.29, 0.717) is 6.04 Å². The Balaban J connectivity index is 1.78. The van der Waals surface area contributed by atoms with Gasteiger partial charge in [0.25, 0.3) is 0 Å². The molecule has 2 fully saturated rings. The van der Waals surface area contributed by atoms with E-state index in [1.54, 1.807) is 0 Å². The van der Waals surface area contributed by atoms with Crippen molar-refractivity contribution < 1.29 is 9.31 Å². The zero-order valence-corrected chi connectivity index (χ0v) is 11.5. The Bertz CT molecular complexity index is 438. The highest BCUT2D eigenvalue weighted by molar-refractivity contribution is 6.61. The van der Waals surface area contributed by atoms with E-state index in [9.17, 15) is 0 Å². The van der Waals surface area contributed by atoms with E-state index in [0.717, 1.165) is 5.59 Å². The second-order valence-electron chi connectivity index (χ2n) is 6.30. The third-order valence-electron chi connectivity index (χ3n) is 4.47. The maximum Gasteiger partial charge on any atom is 0.518 e. The van der Waals surface area contributed by atoms with Gasteiger partial charge in [0.15, 0.2) is 0 Å². The summed E-state index contributed by atoms with van der Waals surface area (Å²) in [5.41, 5.74) is 0.135. The molecular weight excluding hydrogens is 229 g/mol. The van der Waals surface area contributed by atoms with Crippen molar-refractivity contribution >= 4 is 12.7 Å². The van der Waals surface area contributed by atoms with Gasteiger partial charge in [-0.05, 0) is 47.0 Å². The Morgan fingerprint density at radius 3 is 2.33 bits per heavy atom. The molecule has 0 bridgehead atoms. The maximum absolute atomic E-state index is 5.96. The molecule has 1 saturated heterocycles. The number of hydrogen-bond acceptors (Lipinski definition) is 4. The van der Waals surface area contributed by atoms with Gasteiger partial charge in [-0.25, -0.2) is 4.68 Å². The molecule has 1 aromatic rings. The molecule has 0 radical (unpaired) electrons. The molecule has 5 nitrogen and oxygen atoms in total. The van der Waals surface area contributed by atoms with Gasteiger partial charge in [-0.3, -0.25) is 0 Å². The van der Waals surface area contributed by atoms with Crippen molar-refractivity contribution in [2.75, 3.05) is 0 Å². The molecule has 3 rings (SSSR count). The lowest BCUT2D eigenvalue weighted by Gasteiger charge is -2.32. The van der Waals surface area contributed by atoms with Gasteiger partial charge in [-0.2, -0.15) is 0 Å². The van der Waals surface area contributed by atoms with Crippen molar-refractivity contribution in [1.82, 2.24) is 15.0 Å². The predicted octanol–water partition coefficient (Wildman–Crippen LogP) is 1.30.